The molecule has 2 aromatic carbocycles. The molecule has 1 amide bonds. The maximum atomic E-state index is 12.3. The Morgan fingerprint density at radius 3 is 2.33 bits per heavy atom. The third-order valence-corrected chi connectivity index (χ3v) is 3.89. The van der Waals surface area contributed by atoms with Crippen molar-refractivity contribution in [1.29, 1.82) is 10.5 Å². The lowest BCUT2D eigenvalue weighted by molar-refractivity contribution is -0.112. The van der Waals surface area contributed by atoms with Crippen molar-refractivity contribution in [3.8, 4) is 23.6 Å². The summed E-state index contributed by atoms with van der Waals surface area (Å²) in [6.45, 7) is -0.206. The van der Waals surface area contributed by atoms with Crippen LogP contribution in [-0.4, -0.2) is 19.6 Å². The van der Waals surface area contributed by atoms with E-state index in [1.807, 2.05) is 12.1 Å². The molecule has 0 fully saturated rings. The molecule has 0 bridgehead atoms. The monoisotopic (exact) mass is 401 g/mol. The topological polar surface area (TPSA) is 95.1 Å². The highest BCUT2D eigenvalue weighted by molar-refractivity contribution is 6.37. The van der Waals surface area contributed by atoms with Gasteiger partial charge in [0.2, 0.25) is 0 Å². The Hall–Kier alpha value is -3.19. The minimum Gasteiger partial charge on any atom is -0.497 e. The lowest BCUT2D eigenvalue weighted by atomic mass is 10.1. The molecular formula is C19H13Cl2N3O3. The van der Waals surface area contributed by atoms with E-state index in [1.165, 1.54) is 25.3 Å². The van der Waals surface area contributed by atoms with E-state index in [2.05, 4.69) is 5.32 Å². The second-order valence-electron chi connectivity index (χ2n) is 5.11. The normalized spacial score (nSPS) is 10.5. The number of amides is 1. The first-order valence-corrected chi connectivity index (χ1v) is 8.30. The first kappa shape index (κ1) is 20.1. The minimum atomic E-state index is -0.584. The van der Waals surface area contributed by atoms with Gasteiger partial charge >= 0.3 is 0 Å². The molecule has 2 aromatic rings. The molecule has 0 spiro atoms. The van der Waals surface area contributed by atoms with Crippen LogP contribution in [0.5, 0.6) is 11.5 Å². The van der Waals surface area contributed by atoms with Crippen LogP contribution in [0.3, 0.4) is 0 Å². The van der Waals surface area contributed by atoms with E-state index in [-0.39, 0.29) is 28.0 Å². The maximum absolute atomic E-state index is 12.3. The molecule has 0 heterocycles. The van der Waals surface area contributed by atoms with E-state index in [4.69, 9.17) is 37.9 Å². The standard InChI is InChI=1S/C19H13Cl2N3O3/c1-26-15-4-2-14(3-5-15)24-19(25)13(11-23)8-12-9-16(20)18(17(21)10-12)27-7-6-22/h2-5,8-10H,7H2,1H3,(H,24,25)/b13-8-. The molecule has 0 radical (unpaired) electrons. The number of halogens is 2. The van der Waals surface area contributed by atoms with Gasteiger partial charge in [-0.05, 0) is 48.0 Å². The van der Waals surface area contributed by atoms with Gasteiger partial charge in [0.05, 0.1) is 17.2 Å². The van der Waals surface area contributed by atoms with Gasteiger partial charge in [-0.3, -0.25) is 4.79 Å². The van der Waals surface area contributed by atoms with Crippen LogP contribution in [0.4, 0.5) is 5.69 Å². The number of methoxy groups -OCH3 is 1. The lowest BCUT2D eigenvalue weighted by Crippen LogP contribution is -2.13. The Labute approximate surface area is 166 Å². The Bertz CT molecular complexity index is 935. The van der Waals surface area contributed by atoms with Crippen LogP contribution in [0.1, 0.15) is 5.56 Å². The van der Waals surface area contributed by atoms with Gasteiger partial charge in [-0.2, -0.15) is 10.5 Å². The number of hydrogen-bond donors (Lipinski definition) is 1. The summed E-state index contributed by atoms with van der Waals surface area (Å²) in [6, 6.07) is 13.3. The van der Waals surface area contributed by atoms with Crippen molar-refractivity contribution in [2.45, 2.75) is 0 Å². The maximum Gasteiger partial charge on any atom is 0.266 e. The molecule has 0 atom stereocenters. The van der Waals surface area contributed by atoms with Gasteiger partial charge in [0.15, 0.2) is 12.4 Å². The predicted molar refractivity (Wildman–Crippen MR) is 103 cm³/mol. The highest BCUT2D eigenvalue weighted by Gasteiger charge is 2.13. The SMILES string of the molecule is COc1ccc(NC(=O)/C(C#N)=C\c2cc(Cl)c(OCC#N)c(Cl)c2)cc1. The van der Waals surface area contributed by atoms with E-state index in [0.29, 0.717) is 17.0 Å². The van der Waals surface area contributed by atoms with Gasteiger partial charge in [-0.25, -0.2) is 0 Å². The van der Waals surface area contributed by atoms with Crippen molar-refractivity contribution in [2.24, 2.45) is 0 Å². The summed E-state index contributed by atoms with van der Waals surface area (Å²) < 4.78 is 10.2. The van der Waals surface area contributed by atoms with E-state index >= 15 is 0 Å². The van der Waals surface area contributed by atoms with Crippen molar-refractivity contribution in [2.75, 3.05) is 19.0 Å². The fourth-order valence-corrected chi connectivity index (χ4v) is 2.71. The third kappa shape index (κ3) is 5.39. The minimum absolute atomic E-state index is 0.136. The Morgan fingerprint density at radius 2 is 1.81 bits per heavy atom. The fourth-order valence-electron chi connectivity index (χ4n) is 2.09. The molecule has 136 valence electrons. The van der Waals surface area contributed by atoms with Gasteiger partial charge in [0.1, 0.15) is 23.5 Å². The molecule has 0 unspecified atom stereocenters. The number of rotatable bonds is 6. The summed E-state index contributed by atoms with van der Waals surface area (Å²) in [4.78, 5) is 12.3. The number of anilines is 1. The molecule has 27 heavy (non-hydrogen) atoms. The van der Waals surface area contributed by atoms with Gasteiger partial charge in [0.25, 0.3) is 5.91 Å². The van der Waals surface area contributed by atoms with E-state index in [9.17, 15) is 10.1 Å². The van der Waals surface area contributed by atoms with Gasteiger partial charge in [-0.1, -0.05) is 23.2 Å². The summed E-state index contributed by atoms with van der Waals surface area (Å²) in [5, 5.41) is 20.8. The van der Waals surface area contributed by atoms with Crippen LogP contribution in [0.15, 0.2) is 42.0 Å². The largest absolute Gasteiger partial charge is 0.497 e. The van der Waals surface area contributed by atoms with Gasteiger partial charge < -0.3 is 14.8 Å². The van der Waals surface area contributed by atoms with Crippen molar-refractivity contribution in [3.63, 3.8) is 0 Å². The van der Waals surface area contributed by atoms with E-state index < -0.39 is 5.91 Å². The average molecular weight is 402 g/mol. The van der Waals surface area contributed by atoms with Crippen LogP contribution in [0, 0.1) is 22.7 Å². The fraction of sp³-hybridized carbons (Fsp3) is 0.105. The highest BCUT2D eigenvalue weighted by Crippen LogP contribution is 2.34. The quantitative estimate of drug-likeness (QED) is 0.569. The van der Waals surface area contributed by atoms with Crippen molar-refractivity contribution in [3.05, 3.63) is 57.6 Å². The number of nitriles is 2. The highest BCUT2D eigenvalue weighted by atomic mass is 35.5. The number of carbonyl (C=O) groups is 1. The number of benzene rings is 2. The van der Waals surface area contributed by atoms with Gasteiger partial charge in [0, 0.05) is 5.69 Å². The number of nitrogens with one attached hydrogen (secondary N) is 1. The molecule has 0 aliphatic carbocycles. The van der Waals surface area contributed by atoms with Gasteiger partial charge in [-0.15, -0.1) is 0 Å². The van der Waals surface area contributed by atoms with Crippen molar-refractivity contribution in [1.82, 2.24) is 0 Å². The zero-order chi connectivity index (χ0) is 19.8. The zero-order valence-electron chi connectivity index (χ0n) is 14.1. The van der Waals surface area contributed by atoms with Crippen LogP contribution in [0.2, 0.25) is 10.0 Å². The second kappa shape index (κ2) is 9.49. The van der Waals surface area contributed by atoms with Crippen LogP contribution in [0.25, 0.3) is 6.08 Å². The van der Waals surface area contributed by atoms with E-state index in [0.717, 1.165) is 0 Å². The average Bonchev–Trinajstić information content (AvgIpc) is 2.66. The predicted octanol–water partition coefficient (Wildman–Crippen LogP) is 4.45. The molecule has 0 aromatic heterocycles. The Morgan fingerprint density at radius 1 is 1.19 bits per heavy atom. The summed E-state index contributed by atoms with van der Waals surface area (Å²) in [6.07, 6.45) is 1.35. The van der Waals surface area contributed by atoms with Crippen LogP contribution < -0.4 is 14.8 Å². The molecule has 0 aliphatic rings. The van der Waals surface area contributed by atoms with Crippen LogP contribution >= 0.6 is 23.2 Å². The smallest absolute Gasteiger partial charge is 0.266 e. The molecule has 0 aliphatic heterocycles. The second-order valence-corrected chi connectivity index (χ2v) is 5.93. The molecule has 0 saturated heterocycles. The summed E-state index contributed by atoms with van der Waals surface area (Å²) >= 11 is 12.2. The van der Waals surface area contributed by atoms with Crippen LogP contribution in [-0.2, 0) is 4.79 Å². The Kier molecular flexibility index (Phi) is 7.08. The number of nitrogens with zero attached hydrogens (tertiary/aromatic N) is 2. The van der Waals surface area contributed by atoms with Crippen molar-refractivity contribution < 1.29 is 14.3 Å². The first-order chi connectivity index (χ1) is 13.0. The molecule has 1 N–H and O–H groups in total. The lowest BCUT2D eigenvalue weighted by Gasteiger charge is -2.09. The first-order valence-electron chi connectivity index (χ1n) is 7.54. The summed E-state index contributed by atoms with van der Waals surface area (Å²) in [5.74, 6) is 0.227. The summed E-state index contributed by atoms with van der Waals surface area (Å²) in [7, 11) is 1.54. The molecular weight excluding hydrogens is 389 g/mol. The number of carbonyl (C=O) groups excluding carboxylic acids is 1. The Balaban J connectivity index is 2.23. The third-order valence-electron chi connectivity index (χ3n) is 3.33. The molecule has 0 saturated carbocycles. The number of hydrogen-bond acceptors (Lipinski definition) is 5. The van der Waals surface area contributed by atoms with Crippen molar-refractivity contribution >= 4 is 40.9 Å². The van der Waals surface area contributed by atoms with E-state index in [1.54, 1.807) is 24.3 Å². The molecule has 8 heteroatoms. The number of ether oxygens (including phenoxy) is 2. The molecule has 6 nitrogen and oxygen atoms in total. The zero-order valence-corrected chi connectivity index (χ0v) is 15.6. The molecule has 2 rings (SSSR count). The summed E-state index contributed by atoms with van der Waals surface area (Å²) in [5.41, 5.74) is 0.817.